The summed E-state index contributed by atoms with van der Waals surface area (Å²) in [6.45, 7) is 4.35. The van der Waals surface area contributed by atoms with E-state index in [0.29, 0.717) is 6.54 Å². The largest absolute Gasteiger partial charge is 0.316 e. The van der Waals surface area contributed by atoms with Gasteiger partial charge in [-0.05, 0) is 19.9 Å². The quantitative estimate of drug-likeness (QED) is 0.811. The molecule has 0 aliphatic carbocycles. The van der Waals surface area contributed by atoms with Crippen LogP contribution < -0.4 is 5.32 Å². The van der Waals surface area contributed by atoms with E-state index in [0.717, 1.165) is 29.8 Å². The molecule has 92 valence electrons. The van der Waals surface area contributed by atoms with Gasteiger partial charge in [0.25, 0.3) is 6.43 Å². The van der Waals surface area contributed by atoms with Gasteiger partial charge in [-0.3, -0.25) is 4.68 Å². The number of nitrogens with one attached hydrogen (secondary N) is 1. The highest BCUT2D eigenvalue weighted by Gasteiger charge is 2.16. The lowest BCUT2D eigenvalue weighted by molar-refractivity contribution is 0.120. The van der Waals surface area contributed by atoms with E-state index in [1.807, 2.05) is 20.9 Å². The van der Waals surface area contributed by atoms with Gasteiger partial charge in [0.1, 0.15) is 6.54 Å². The van der Waals surface area contributed by atoms with E-state index in [1.165, 1.54) is 4.68 Å². The lowest BCUT2D eigenvalue weighted by Crippen LogP contribution is -2.13. The minimum absolute atomic E-state index is 0.306. The highest BCUT2D eigenvalue weighted by Crippen LogP contribution is 2.17. The van der Waals surface area contributed by atoms with Gasteiger partial charge in [0.15, 0.2) is 0 Å². The molecule has 5 heteroatoms. The predicted octanol–water partition coefficient (Wildman–Crippen LogP) is 1.99. The van der Waals surface area contributed by atoms with Gasteiger partial charge in [-0.25, -0.2) is 8.78 Å². The lowest BCUT2D eigenvalue weighted by Gasteiger charge is -2.06. The van der Waals surface area contributed by atoms with Crippen LogP contribution in [0, 0.1) is 0 Å². The highest BCUT2D eigenvalue weighted by atomic mass is 19.3. The second-order valence-corrected chi connectivity index (χ2v) is 3.68. The van der Waals surface area contributed by atoms with Crippen molar-refractivity contribution in [3.8, 4) is 0 Å². The average Bonchev–Trinajstić information content (AvgIpc) is 2.55. The Labute approximate surface area is 94.8 Å². The minimum atomic E-state index is -2.35. The number of hydrogen-bond acceptors (Lipinski definition) is 2. The summed E-state index contributed by atoms with van der Waals surface area (Å²) in [4.78, 5) is 0. The molecule has 3 nitrogen and oxygen atoms in total. The standard InChI is InChI=1S/C11H19F2N3/c1-4-9-8(6-14-3)10(5-2)16(15-9)7-11(12)13/h11,14H,4-7H2,1-3H3. The SMILES string of the molecule is CCc1nn(CC(F)F)c(CC)c1CNC. The first kappa shape index (κ1) is 13.1. The first-order valence-corrected chi connectivity index (χ1v) is 5.64. The van der Waals surface area contributed by atoms with Crippen molar-refractivity contribution in [1.82, 2.24) is 15.1 Å². The maximum absolute atomic E-state index is 12.4. The van der Waals surface area contributed by atoms with Crippen LogP contribution in [0.5, 0.6) is 0 Å². The van der Waals surface area contributed by atoms with E-state index in [-0.39, 0.29) is 6.54 Å². The van der Waals surface area contributed by atoms with Crippen LogP contribution in [-0.2, 0) is 25.9 Å². The van der Waals surface area contributed by atoms with Crippen LogP contribution >= 0.6 is 0 Å². The van der Waals surface area contributed by atoms with Gasteiger partial charge in [0.05, 0.1) is 5.69 Å². The van der Waals surface area contributed by atoms with Gasteiger partial charge in [0, 0.05) is 17.8 Å². The molecule has 0 atom stereocenters. The molecule has 0 spiro atoms. The maximum atomic E-state index is 12.4. The average molecular weight is 231 g/mol. The summed E-state index contributed by atoms with van der Waals surface area (Å²) < 4.78 is 26.2. The Balaban J connectivity index is 3.08. The van der Waals surface area contributed by atoms with E-state index in [4.69, 9.17) is 0 Å². The molecular formula is C11H19F2N3. The fraction of sp³-hybridized carbons (Fsp3) is 0.727. The lowest BCUT2D eigenvalue weighted by atomic mass is 10.1. The summed E-state index contributed by atoms with van der Waals surface area (Å²) in [7, 11) is 1.85. The maximum Gasteiger partial charge on any atom is 0.257 e. The first-order valence-electron chi connectivity index (χ1n) is 5.64. The number of hydrogen-bond donors (Lipinski definition) is 1. The fourth-order valence-corrected chi connectivity index (χ4v) is 1.93. The summed E-state index contributed by atoms with van der Waals surface area (Å²) in [6.07, 6.45) is -0.839. The fourth-order valence-electron chi connectivity index (χ4n) is 1.93. The van der Waals surface area contributed by atoms with E-state index in [2.05, 4.69) is 10.4 Å². The number of aromatic nitrogens is 2. The molecule has 0 unspecified atom stereocenters. The number of halogens is 2. The topological polar surface area (TPSA) is 29.9 Å². The van der Waals surface area contributed by atoms with Gasteiger partial charge in [-0.2, -0.15) is 5.10 Å². The van der Waals surface area contributed by atoms with Crippen molar-refractivity contribution < 1.29 is 8.78 Å². The van der Waals surface area contributed by atoms with Gasteiger partial charge in [0.2, 0.25) is 0 Å². The van der Waals surface area contributed by atoms with Crippen molar-refractivity contribution in [3.63, 3.8) is 0 Å². The van der Waals surface area contributed by atoms with Crippen molar-refractivity contribution in [3.05, 3.63) is 17.0 Å². The molecule has 1 rings (SSSR count). The Morgan fingerprint density at radius 3 is 2.44 bits per heavy atom. The van der Waals surface area contributed by atoms with Gasteiger partial charge >= 0.3 is 0 Å². The number of nitrogens with zero attached hydrogens (tertiary/aromatic N) is 2. The number of aryl methyl sites for hydroxylation is 1. The molecule has 1 aromatic heterocycles. The van der Waals surface area contributed by atoms with Crippen molar-refractivity contribution in [2.45, 2.75) is 46.2 Å². The summed E-state index contributed by atoms with van der Waals surface area (Å²) in [5.41, 5.74) is 2.92. The Morgan fingerprint density at radius 2 is 2.00 bits per heavy atom. The zero-order valence-electron chi connectivity index (χ0n) is 10.1. The van der Waals surface area contributed by atoms with Crippen LogP contribution in [0.25, 0.3) is 0 Å². The van der Waals surface area contributed by atoms with E-state index in [1.54, 1.807) is 0 Å². The Kier molecular flexibility index (Phi) is 4.86. The first-order chi connectivity index (χ1) is 7.63. The van der Waals surface area contributed by atoms with Crippen LogP contribution in [0.2, 0.25) is 0 Å². The monoisotopic (exact) mass is 231 g/mol. The summed E-state index contributed by atoms with van der Waals surface area (Å²) in [5.74, 6) is 0. The molecule has 1 heterocycles. The Morgan fingerprint density at radius 1 is 1.31 bits per heavy atom. The molecule has 16 heavy (non-hydrogen) atoms. The second-order valence-electron chi connectivity index (χ2n) is 3.68. The third-order valence-corrected chi connectivity index (χ3v) is 2.58. The molecule has 0 saturated heterocycles. The molecule has 0 aliphatic rings. The molecule has 1 aromatic rings. The summed E-state index contributed by atoms with van der Waals surface area (Å²) in [5, 5.41) is 7.31. The van der Waals surface area contributed by atoms with Crippen LogP contribution in [-0.4, -0.2) is 23.3 Å². The zero-order valence-corrected chi connectivity index (χ0v) is 10.1. The third kappa shape index (κ3) is 2.78. The molecule has 0 aliphatic heterocycles. The molecule has 0 fully saturated rings. The molecule has 0 amide bonds. The molecule has 0 radical (unpaired) electrons. The third-order valence-electron chi connectivity index (χ3n) is 2.58. The van der Waals surface area contributed by atoms with Crippen molar-refractivity contribution >= 4 is 0 Å². The van der Waals surface area contributed by atoms with Crippen LogP contribution in [0.3, 0.4) is 0 Å². The molecule has 0 aromatic carbocycles. The highest BCUT2D eigenvalue weighted by molar-refractivity contribution is 5.26. The van der Waals surface area contributed by atoms with Crippen molar-refractivity contribution in [2.75, 3.05) is 7.05 Å². The zero-order chi connectivity index (χ0) is 12.1. The van der Waals surface area contributed by atoms with E-state index in [9.17, 15) is 8.78 Å². The summed E-state index contributed by atoms with van der Waals surface area (Å²) >= 11 is 0. The van der Waals surface area contributed by atoms with Crippen LogP contribution in [0.4, 0.5) is 8.78 Å². The van der Waals surface area contributed by atoms with Crippen LogP contribution in [0.1, 0.15) is 30.8 Å². The normalized spacial score (nSPS) is 11.4. The van der Waals surface area contributed by atoms with E-state index < -0.39 is 6.43 Å². The predicted molar refractivity (Wildman–Crippen MR) is 59.8 cm³/mol. The Bertz CT molecular complexity index is 334. The van der Waals surface area contributed by atoms with Crippen molar-refractivity contribution in [1.29, 1.82) is 0 Å². The minimum Gasteiger partial charge on any atom is -0.316 e. The second kappa shape index (κ2) is 5.94. The molecule has 1 N–H and O–H groups in total. The molecular weight excluding hydrogens is 212 g/mol. The number of alkyl halides is 2. The summed E-state index contributed by atoms with van der Waals surface area (Å²) in [6, 6.07) is 0. The van der Waals surface area contributed by atoms with Gasteiger partial charge in [-0.15, -0.1) is 0 Å². The van der Waals surface area contributed by atoms with E-state index >= 15 is 0 Å². The smallest absolute Gasteiger partial charge is 0.257 e. The molecule has 0 bridgehead atoms. The van der Waals surface area contributed by atoms with Crippen molar-refractivity contribution in [2.24, 2.45) is 0 Å². The Hall–Kier alpha value is -0.970. The van der Waals surface area contributed by atoms with Gasteiger partial charge in [-0.1, -0.05) is 13.8 Å². The molecule has 0 saturated carbocycles. The van der Waals surface area contributed by atoms with Gasteiger partial charge < -0.3 is 5.32 Å². The number of rotatable bonds is 6. The van der Waals surface area contributed by atoms with Crippen LogP contribution in [0.15, 0.2) is 0 Å².